The molecule has 0 unspecified atom stereocenters. The van der Waals surface area contributed by atoms with Crippen molar-refractivity contribution in [2.45, 2.75) is 31.8 Å². The van der Waals surface area contributed by atoms with Gasteiger partial charge < -0.3 is 9.47 Å². The van der Waals surface area contributed by atoms with E-state index < -0.39 is 0 Å². The summed E-state index contributed by atoms with van der Waals surface area (Å²) in [5, 5.41) is 0. The van der Waals surface area contributed by atoms with Crippen molar-refractivity contribution in [3.63, 3.8) is 0 Å². The fourth-order valence-corrected chi connectivity index (χ4v) is 2.86. The number of benzene rings is 1. The monoisotopic (exact) mass is 230 g/mol. The van der Waals surface area contributed by atoms with E-state index in [0.717, 1.165) is 25.4 Å². The zero-order valence-electron chi connectivity index (χ0n) is 10.4. The summed E-state index contributed by atoms with van der Waals surface area (Å²) in [5.41, 5.74) is 2.73. The van der Waals surface area contributed by atoms with Crippen molar-refractivity contribution in [3.8, 4) is 5.75 Å². The van der Waals surface area contributed by atoms with Crippen LogP contribution in [0.25, 0.3) is 0 Å². The van der Waals surface area contributed by atoms with Crippen LogP contribution in [0.1, 0.15) is 25.8 Å². The normalized spacial score (nSPS) is 30.1. The third-order valence-electron chi connectivity index (χ3n) is 3.65. The Morgan fingerprint density at radius 1 is 1.29 bits per heavy atom. The van der Waals surface area contributed by atoms with Crippen LogP contribution < -0.4 is 4.74 Å². The van der Waals surface area contributed by atoms with Crippen LogP contribution in [0.5, 0.6) is 5.75 Å². The Bertz CT molecular complexity index is 460. The molecule has 1 spiro atoms. The molecule has 2 aliphatic rings. The van der Waals surface area contributed by atoms with Gasteiger partial charge >= 0.3 is 0 Å². The molecule has 1 fully saturated rings. The third-order valence-corrected chi connectivity index (χ3v) is 3.65. The summed E-state index contributed by atoms with van der Waals surface area (Å²) in [6, 6.07) is 8.35. The Morgan fingerprint density at radius 3 is 2.94 bits per heavy atom. The van der Waals surface area contributed by atoms with Gasteiger partial charge in [-0.05, 0) is 26.3 Å². The molecule has 0 N–H and O–H groups in total. The molecule has 90 valence electrons. The van der Waals surface area contributed by atoms with Crippen LogP contribution >= 0.6 is 0 Å². The number of rotatable bonds is 1. The van der Waals surface area contributed by atoms with Gasteiger partial charge in [0, 0.05) is 5.56 Å². The number of para-hydroxylation sites is 1. The van der Waals surface area contributed by atoms with Crippen molar-refractivity contribution in [1.82, 2.24) is 0 Å². The summed E-state index contributed by atoms with van der Waals surface area (Å²) in [5.74, 6) is 1.04. The van der Waals surface area contributed by atoms with Gasteiger partial charge in [-0.25, -0.2) is 0 Å². The van der Waals surface area contributed by atoms with Crippen LogP contribution in [0.2, 0.25) is 0 Å². The summed E-state index contributed by atoms with van der Waals surface area (Å²) < 4.78 is 11.7. The van der Waals surface area contributed by atoms with Crippen LogP contribution in [0, 0.1) is 0 Å². The Balaban J connectivity index is 1.89. The smallest absolute Gasteiger partial charge is 0.123 e. The first-order chi connectivity index (χ1) is 8.20. The van der Waals surface area contributed by atoms with Gasteiger partial charge in [0.05, 0.1) is 18.1 Å². The maximum absolute atomic E-state index is 5.90. The summed E-state index contributed by atoms with van der Waals surface area (Å²) in [6.07, 6.45) is 3.50. The maximum atomic E-state index is 5.90. The van der Waals surface area contributed by atoms with Crippen LogP contribution in [0.4, 0.5) is 0 Å². The van der Waals surface area contributed by atoms with Gasteiger partial charge in [0.25, 0.3) is 0 Å². The van der Waals surface area contributed by atoms with Crippen molar-refractivity contribution in [3.05, 3.63) is 41.5 Å². The molecule has 2 heterocycles. The summed E-state index contributed by atoms with van der Waals surface area (Å²) in [7, 11) is 0. The average Bonchev–Trinajstić information content (AvgIpc) is 2.86. The van der Waals surface area contributed by atoms with Crippen molar-refractivity contribution in [2.75, 3.05) is 13.2 Å². The molecule has 17 heavy (non-hydrogen) atoms. The molecule has 3 rings (SSSR count). The Kier molecular flexibility index (Phi) is 2.48. The van der Waals surface area contributed by atoms with Crippen molar-refractivity contribution in [2.24, 2.45) is 0 Å². The van der Waals surface area contributed by atoms with E-state index in [4.69, 9.17) is 9.47 Å². The summed E-state index contributed by atoms with van der Waals surface area (Å²) >= 11 is 0. The lowest BCUT2D eigenvalue weighted by Gasteiger charge is -2.19. The fourth-order valence-electron chi connectivity index (χ4n) is 2.86. The Labute approximate surface area is 102 Å². The molecule has 1 saturated heterocycles. The van der Waals surface area contributed by atoms with E-state index in [1.807, 2.05) is 6.07 Å². The standard InChI is InChI=1S/C15H18O2/c1-11(2)7-12-8-15(9-16-12)10-17-14-6-4-3-5-13(14)15/h3-7,12H,8-10H2,1-2H3/t12-,15+/m1/s1. The van der Waals surface area contributed by atoms with Crippen LogP contribution in [-0.4, -0.2) is 19.3 Å². The fraction of sp³-hybridized carbons (Fsp3) is 0.467. The summed E-state index contributed by atoms with van der Waals surface area (Å²) in [4.78, 5) is 0. The van der Waals surface area contributed by atoms with E-state index in [1.54, 1.807) is 0 Å². The number of allylic oxidation sites excluding steroid dienone is 1. The van der Waals surface area contributed by atoms with Gasteiger partial charge in [-0.15, -0.1) is 0 Å². The Hall–Kier alpha value is -1.28. The highest BCUT2D eigenvalue weighted by molar-refractivity contribution is 5.44. The largest absolute Gasteiger partial charge is 0.492 e. The summed E-state index contributed by atoms with van der Waals surface area (Å²) in [6.45, 7) is 5.78. The van der Waals surface area contributed by atoms with Gasteiger partial charge in [-0.2, -0.15) is 0 Å². The SMILES string of the molecule is CC(C)=C[C@@H]1C[C@@]2(COc3ccccc32)CO1. The van der Waals surface area contributed by atoms with Crippen molar-refractivity contribution in [1.29, 1.82) is 0 Å². The lowest BCUT2D eigenvalue weighted by Crippen LogP contribution is -2.28. The van der Waals surface area contributed by atoms with Gasteiger partial charge in [0.1, 0.15) is 12.4 Å². The minimum absolute atomic E-state index is 0.0905. The van der Waals surface area contributed by atoms with Crippen molar-refractivity contribution < 1.29 is 9.47 Å². The quantitative estimate of drug-likeness (QED) is 0.690. The lowest BCUT2D eigenvalue weighted by atomic mass is 9.80. The van der Waals surface area contributed by atoms with Gasteiger partial charge in [0.15, 0.2) is 0 Å². The van der Waals surface area contributed by atoms with E-state index in [9.17, 15) is 0 Å². The highest BCUT2D eigenvalue weighted by Crippen LogP contribution is 2.45. The first-order valence-electron chi connectivity index (χ1n) is 6.19. The topological polar surface area (TPSA) is 18.5 Å². The minimum atomic E-state index is 0.0905. The van der Waals surface area contributed by atoms with E-state index in [1.165, 1.54) is 11.1 Å². The first kappa shape index (κ1) is 10.8. The van der Waals surface area contributed by atoms with E-state index in [0.29, 0.717) is 0 Å². The molecule has 0 aliphatic carbocycles. The molecule has 0 aromatic heterocycles. The maximum Gasteiger partial charge on any atom is 0.123 e. The zero-order chi connectivity index (χ0) is 11.9. The number of hydrogen-bond donors (Lipinski definition) is 0. The molecular weight excluding hydrogens is 212 g/mol. The molecule has 0 amide bonds. The molecule has 0 saturated carbocycles. The molecule has 2 heteroatoms. The minimum Gasteiger partial charge on any atom is -0.492 e. The molecule has 2 atom stereocenters. The number of ether oxygens (including phenoxy) is 2. The molecule has 1 aromatic rings. The lowest BCUT2D eigenvalue weighted by molar-refractivity contribution is 0.128. The van der Waals surface area contributed by atoms with E-state index in [-0.39, 0.29) is 11.5 Å². The predicted octanol–water partition coefficient (Wildman–Crippen LogP) is 3.07. The first-order valence-corrected chi connectivity index (χ1v) is 6.19. The molecule has 2 aliphatic heterocycles. The average molecular weight is 230 g/mol. The zero-order valence-corrected chi connectivity index (χ0v) is 10.4. The van der Waals surface area contributed by atoms with Gasteiger partial charge in [0.2, 0.25) is 0 Å². The number of hydrogen-bond acceptors (Lipinski definition) is 2. The van der Waals surface area contributed by atoms with Crippen LogP contribution in [0.3, 0.4) is 0 Å². The van der Waals surface area contributed by atoms with Gasteiger partial charge in [-0.3, -0.25) is 0 Å². The molecular formula is C15H18O2. The predicted molar refractivity (Wildman–Crippen MR) is 67.4 cm³/mol. The highest BCUT2D eigenvalue weighted by Gasteiger charge is 2.46. The second kappa shape index (κ2) is 3.88. The molecule has 0 radical (unpaired) electrons. The molecule has 1 aromatic carbocycles. The van der Waals surface area contributed by atoms with Gasteiger partial charge in [-0.1, -0.05) is 29.8 Å². The molecule has 2 nitrogen and oxygen atoms in total. The third kappa shape index (κ3) is 1.77. The van der Waals surface area contributed by atoms with Crippen LogP contribution in [-0.2, 0) is 10.2 Å². The van der Waals surface area contributed by atoms with E-state index in [2.05, 4.69) is 38.1 Å². The second-order valence-corrected chi connectivity index (χ2v) is 5.36. The van der Waals surface area contributed by atoms with Crippen LogP contribution in [0.15, 0.2) is 35.9 Å². The van der Waals surface area contributed by atoms with Crippen molar-refractivity contribution >= 4 is 0 Å². The molecule has 0 bridgehead atoms. The highest BCUT2D eigenvalue weighted by atomic mass is 16.5. The number of fused-ring (bicyclic) bond motifs is 2. The van der Waals surface area contributed by atoms with E-state index >= 15 is 0 Å². The Morgan fingerprint density at radius 2 is 2.12 bits per heavy atom. The second-order valence-electron chi connectivity index (χ2n) is 5.36.